The van der Waals surface area contributed by atoms with Crippen molar-refractivity contribution in [1.82, 2.24) is 15.6 Å². The molecule has 0 amide bonds. The van der Waals surface area contributed by atoms with E-state index in [1.54, 1.807) is 17.4 Å². The van der Waals surface area contributed by atoms with Crippen LogP contribution in [0.3, 0.4) is 0 Å². The zero-order chi connectivity index (χ0) is 19.9. The van der Waals surface area contributed by atoms with E-state index in [4.69, 9.17) is 0 Å². The molecule has 0 atom stereocenters. The number of halogens is 1. The highest BCUT2D eigenvalue weighted by Gasteiger charge is 2.10. The summed E-state index contributed by atoms with van der Waals surface area (Å²) < 4.78 is 23.4. The Kier molecular flexibility index (Phi) is 10.4. The number of aliphatic imine (C=N–C) groups is 1. The summed E-state index contributed by atoms with van der Waals surface area (Å²) in [5, 5.41) is 7.69. The summed E-state index contributed by atoms with van der Waals surface area (Å²) in [5.74, 6) is 0.745. The summed E-state index contributed by atoms with van der Waals surface area (Å²) in [6.07, 6.45) is 5.05. The molecule has 0 aliphatic carbocycles. The minimum Gasteiger partial charge on any atom is -0.357 e. The van der Waals surface area contributed by atoms with Crippen molar-refractivity contribution < 1.29 is 8.42 Å². The monoisotopic (exact) mass is 536 g/mol. The number of hydrogen-bond donors (Lipinski definition) is 2. The van der Waals surface area contributed by atoms with Crippen LogP contribution >= 0.6 is 35.3 Å². The van der Waals surface area contributed by atoms with E-state index in [0.29, 0.717) is 11.4 Å². The van der Waals surface area contributed by atoms with Crippen LogP contribution in [0.15, 0.2) is 34.3 Å². The van der Waals surface area contributed by atoms with Gasteiger partial charge in [0.25, 0.3) is 0 Å². The highest BCUT2D eigenvalue weighted by molar-refractivity contribution is 14.0. The lowest BCUT2D eigenvalue weighted by atomic mass is 10.1. The van der Waals surface area contributed by atoms with Crippen molar-refractivity contribution in [3.63, 3.8) is 0 Å². The minimum atomic E-state index is -3.19. The highest BCUT2D eigenvalue weighted by atomic mass is 127. The first-order valence-electron chi connectivity index (χ1n) is 9.08. The van der Waals surface area contributed by atoms with Gasteiger partial charge in [0.15, 0.2) is 15.8 Å². The maximum atomic E-state index is 11.7. The Labute approximate surface area is 189 Å². The van der Waals surface area contributed by atoms with Gasteiger partial charge in [0.2, 0.25) is 0 Å². The summed E-state index contributed by atoms with van der Waals surface area (Å²) >= 11 is 1.75. The van der Waals surface area contributed by atoms with Crippen LogP contribution in [-0.2, 0) is 29.2 Å². The fraction of sp³-hybridized carbons (Fsp3) is 0.474. The predicted octanol–water partition coefficient (Wildman–Crippen LogP) is 3.33. The third kappa shape index (κ3) is 7.67. The van der Waals surface area contributed by atoms with Gasteiger partial charge in [0.1, 0.15) is 0 Å². The van der Waals surface area contributed by atoms with Crippen molar-refractivity contribution in [2.75, 3.05) is 19.3 Å². The van der Waals surface area contributed by atoms with Crippen LogP contribution in [0.25, 0.3) is 0 Å². The lowest BCUT2D eigenvalue weighted by Crippen LogP contribution is -2.38. The van der Waals surface area contributed by atoms with Crippen LogP contribution < -0.4 is 10.6 Å². The van der Waals surface area contributed by atoms with Crippen molar-refractivity contribution in [3.05, 3.63) is 45.4 Å². The van der Waals surface area contributed by atoms with Crippen LogP contribution in [0.1, 0.15) is 34.9 Å². The first kappa shape index (κ1) is 24.8. The first-order valence-corrected chi connectivity index (χ1v) is 11.8. The van der Waals surface area contributed by atoms with Crippen LogP contribution in [0.4, 0.5) is 0 Å². The third-order valence-corrected chi connectivity index (χ3v) is 6.44. The standard InChI is InChI=1S/C19H28N4O2S2.HI/c1-5-16-13-22-18(26-16)9-10-21-19(20-6-2)23-12-15-7-8-17(14(3)11-15)27(4,24)25;/h7-8,11,13H,5-6,9-10,12H2,1-4H3,(H2,20,21,23);1H. The summed E-state index contributed by atoms with van der Waals surface area (Å²) in [4.78, 5) is 10.7. The van der Waals surface area contributed by atoms with Crippen molar-refractivity contribution in [1.29, 1.82) is 0 Å². The number of thiazole rings is 1. The van der Waals surface area contributed by atoms with Crippen molar-refractivity contribution in [2.24, 2.45) is 4.99 Å². The Morgan fingerprint density at radius 3 is 2.57 bits per heavy atom. The first-order chi connectivity index (χ1) is 12.8. The van der Waals surface area contributed by atoms with Crippen LogP contribution in [0.5, 0.6) is 0 Å². The fourth-order valence-electron chi connectivity index (χ4n) is 2.65. The molecule has 0 saturated carbocycles. The summed E-state index contributed by atoms with van der Waals surface area (Å²) in [5.41, 5.74) is 1.73. The molecule has 0 aliphatic rings. The maximum Gasteiger partial charge on any atom is 0.191 e. The molecular weight excluding hydrogens is 507 g/mol. The van der Waals surface area contributed by atoms with E-state index in [2.05, 4.69) is 27.5 Å². The van der Waals surface area contributed by atoms with E-state index in [0.717, 1.165) is 48.0 Å². The smallest absolute Gasteiger partial charge is 0.191 e. The molecule has 28 heavy (non-hydrogen) atoms. The van der Waals surface area contributed by atoms with E-state index < -0.39 is 9.84 Å². The summed E-state index contributed by atoms with van der Waals surface area (Å²) in [6, 6.07) is 5.35. The van der Waals surface area contributed by atoms with Gasteiger partial charge < -0.3 is 10.6 Å². The van der Waals surface area contributed by atoms with Crippen molar-refractivity contribution >= 4 is 51.1 Å². The number of aromatic nitrogens is 1. The predicted molar refractivity (Wildman–Crippen MR) is 128 cm³/mol. The Bertz CT molecular complexity index is 895. The number of aryl methyl sites for hydroxylation is 2. The van der Waals surface area contributed by atoms with Crippen LogP contribution in [0, 0.1) is 6.92 Å². The Hall–Kier alpha value is -1.20. The molecule has 2 N–H and O–H groups in total. The highest BCUT2D eigenvalue weighted by Crippen LogP contribution is 2.17. The molecule has 0 radical (unpaired) electrons. The van der Waals surface area contributed by atoms with Gasteiger partial charge >= 0.3 is 0 Å². The molecule has 6 nitrogen and oxygen atoms in total. The number of rotatable bonds is 8. The minimum absolute atomic E-state index is 0. The van der Waals surface area contributed by atoms with Gasteiger partial charge in [-0.2, -0.15) is 0 Å². The number of guanidine groups is 1. The molecular formula is C19H29IN4O2S2. The molecule has 1 heterocycles. The molecule has 0 unspecified atom stereocenters. The molecule has 2 aromatic rings. The van der Waals surface area contributed by atoms with E-state index >= 15 is 0 Å². The van der Waals surface area contributed by atoms with Crippen molar-refractivity contribution in [3.8, 4) is 0 Å². The largest absolute Gasteiger partial charge is 0.357 e. The summed E-state index contributed by atoms with van der Waals surface area (Å²) in [6.45, 7) is 7.99. The number of nitrogens with zero attached hydrogens (tertiary/aromatic N) is 2. The van der Waals surface area contributed by atoms with E-state index in [1.807, 2.05) is 32.2 Å². The average Bonchev–Trinajstić information content (AvgIpc) is 3.06. The van der Waals surface area contributed by atoms with Gasteiger partial charge in [-0.3, -0.25) is 0 Å². The number of sulfone groups is 1. The quantitative estimate of drug-likeness (QED) is 0.307. The van der Waals surface area contributed by atoms with E-state index in [9.17, 15) is 8.42 Å². The van der Waals surface area contributed by atoms with Crippen molar-refractivity contribution in [2.45, 2.75) is 45.1 Å². The number of nitrogens with one attached hydrogen (secondary N) is 2. The molecule has 2 rings (SSSR count). The topological polar surface area (TPSA) is 83.5 Å². The van der Waals surface area contributed by atoms with Gasteiger partial charge in [-0.05, 0) is 37.5 Å². The van der Waals surface area contributed by atoms with Gasteiger partial charge in [-0.1, -0.05) is 19.1 Å². The molecule has 9 heteroatoms. The fourth-order valence-corrected chi connectivity index (χ4v) is 4.47. The lowest BCUT2D eigenvalue weighted by Gasteiger charge is -2.11. The zero-order valence-electron chi connectivity index (χ0n) is 16.8. The molecule has 0 saturated heterocycles. The Morgan fingerprint density at radius 2 is 2.00 bits per heavy atom. The molecule has 0 bridgehead atoms. The molecule has 1 aromatic carbocycles. The maximum absolute atomic E-state index is 11.7. The normalized spacial score (nSPS) is 11.8. The molecule has 0 spiro atoms. The Morgan fingerprint density at radius 1 is 1.25 bits per heavy atom. The van der Waals surface area contributed by atoms with Crippen LogP contribution in [-0.4, -0.2) is 38.7 Å². The lowest BCUT2D eigenvalue weighted by molar-refractivity contribution is 0.601. The second-order valence-corrected chi connectivity index (χ2v) is 9.50. The number of benzene rings is 1. The van der Waals surface area contributed by atoms with Gasteiger partial charge in [-0.25, -0.2) is 18.4 Å². The second-order valence-electron chi connectivity index (χ2n) is 6.32. The third-order valence-electron chi connectivity index (χ3n) is 3.98. The molecule has 1 aromatic heterocycles. The van der Waals surface area contributed by atoms with E-state index in [1.165, 1.54) is 11.1 Å². The second kappa shape index (κ2) is 11.7. The van der Waals surface area contributed by atoms with Gasteiger partial charge in [-0.15, -0.1) is 35.3 Å². The SMILES string of the molecule is CCNC(=NCc1ccc(S(C)(=O)=O)c(C)c1)NCCc1ncc(CC)s1.I. The summed E-state index contributed by atoms with van der Waals surface area (Å²) in [7, 11) is -3.19. The average molecular weight is 537 g/mol. The Balaban J connectivity index is 0.00000392. The molecule has 0 fully saturated rings. The zero-order valence-corrected chi connectivity index (χ0v) is 20.7. The van der Waals surface area contributed by atoms with Crippen LogP contribution in [0.2, 0.25) is 0 Å². The van der Waals surface area contributed by atoms with Gasteiger partial charge in [0.05, 0.1) is 16.4 Å². The van der Waals surface area contributed by atoms with Gasteiger partial charge in [0, 0.05) is 36.8 Å². The van der Waals surface area contributed by atoms with E-state index in [-0.39, 0.29) is 24.0 Å². The molecule has 156 valence electrons. The number of hydrogen-bond acceptors (Lipinski definition) is 5. The molecule has 0 aliphatic heterocycles.